The molecule has 1 saturated heterocycles. The van der Waals surface area contributed by atoms with Crippen molar-refractivity contribution in [1.82, 2.24) is 4.90 Å². The van der Waals surface area contributed by atoms with Crippen LogP contribution in [0.5, 0.6) is 0 Å². The third-order valence-electron chi connectivity index (χ3n) is 2.66. The van der Waals surface area contributed by atoms with Gasteiger partial charge >= 0.3 is 0 Å². The van der Waals surface area contributed by atoms with E-state index in [1.54, 1.807) is 0 Å². The van der Waals surface area contributed by atoms with Gasteiger partial charge in [0.15, 0.2) is 0 Å². The summed E-state index contributed by atoms with van der Waals surface area (Å²) in [7, 11) is 0. The summed E-state index contributed by atoms with van der Waals surface area (Å²) in [5, 5.41) is 8.48. The lowest BCUT2D eigenvalue weighted by molar-refractivity contribution is 0.0841. The van der Waals surface area contributed by atoms with E-state index in [-0.39, 0.29) is 6.61 Å². The second-order valence-electron chi connectivity index (χ2n) is 3.72. The molecule has 0 aromatic rings. The van der Waals surface area contributed by atoms with E-state index in [1.807, 2.05) is 0 Å². The molecule has 0 spiro atoms. The van der Waals surface area contributed by atoms with Crippen molar-refractivity contribution in [3.63, 3.8) is 0 Å². The summed E-state index contributed by atoms with van der Waals surface area (Å²) >= 11 is 0. The van der Waals surface area contributed by atoms with Crippen LogP contribution in [-0.2, 0) is 4.74 Å². The molecule has 0 aliphatic carbocycles. The molecule has 1 unspecified atom stereocenters. The number of aliphatic hydroxyl groups excluding tert-OH is 1. The van der Waals surface area contributed by atoms with E-state index in [2.05, 4.69) is 11.8 Å². The van der Waals surface area contributed by atoms with Gasteiger partial charge in [-0.05, 0) is 32.7 Å². The maximum absolute atomic E-state index is 8.48. The van der Waals surface area contributed by atoms with E-state index in [4.69, 9.17) is 9.84 Å². The minimum atomic E-state index is 0.139. The Bertz CT molecular complexity index is 130. The molecule has 0 radical (unpaired) electrons. The van der Waals surface area contributed by atoms with Crippen LogP contribution in [0.15, 0.2) is 0 Å². The van der Waals surface area contributed by atoms with Gasteiger partial charge in [-0.25, -0.2) is 0 Å². The van der Waals surface area contributed by atoms with Crippen LogP contribution in [0.1, 0.15) is 26.2 Å². The molecule has 0 amide bonds. The van der Waals surface area contributed by atoms with Crippen LogP contribution in [0, 0.1) is 0 Å². The zero-order valence-electron chi connectivity index (χ0n) is 8.54. The van der Waals surface area contributed by atoms with Crippen LogP contribution in [0.3, 0.4) is 0 Å². The van der Waals surface area contributed by atoms with E-state index in [9.17, 15) is 0 Å². The van der Waals surface area contributed by atoms with Crippen molar-refractivity contribution in [2.45, 2.75) is 32.2 Å². The topological polar surface area (TPSA) is 32.7 Å². The highest BCUT2D eigenvalue weighted by atomic mass is 16.5. The molecular formula is C10H21NO2. The van der Waals surface area contributed by atoms with Gasteiger partial charge in [-0.3, -0.25) is 0 Å². The van der Waals surface area contributed by atoms with Crippen molar-refractivity contribution >= 4 is 0 Å². The van der Waals surface area contributed by atoms with E-state index < -0.39 is 0 Å². The molecule has 0 aromatic carbocycles. The fourth-order valence-electron chi connectivity index (χ4n) is 1.86. The molecule has 0 saturated carbocycles. The number of hydrogen-bond donors (Lipinski definition) is 1. The number of ether oxygens (including phenoxy) is 1. The molecule has 3 nitrogen and oxygen atoms in total. The highest BCUT2D eigenvalue weighted by Gasteiger charge is 2.18. The second kappa shape index (κ2) is 6.35. The van der Waals surface area contributed by atoms with E-state index in [1.165, 1.54) is 19.4 Å². The number of hydrogen-bond acceptors (Lipinski definition) is 3. The van der Waals surface area contributed by atoms with Crippen molar-refractivity contribution in [2.75, 3.05) is 32.9 Å². The predicted octanol–water partition coefficient (Wildman–Crippen LogP) is 0.870. The van der Waals surface area contributed by atoms with Crippen molar-refractivity contribution in [1.29, 1.82) is 0 Å². The number of rotatable bonds is 6. The number of likely N-dealkylation sites (tertiary alicyclic amines) is 1. The van der Waals surface area contributed by atoms with Gasteiger partial charge in [-0.2, -0.15) is 0 Å². The Morgan fingerprint density at radius 3 is 2.92 bits per heavy atom. The first-order chi connectivity index (χ1) is 6.34. The molecular weight excluding hydrogens is 166 g/mol. The molecule has 1 fully saturated rings. The standard InChI is InChI=1S/C10H21NO2/c1-10-4-2-5-11(10)6-3-8-13-9-7-12/h10,12H,2-9H2,1H3. The second-order valence-corrected chi connectivity index (χ2v) is 3.72. The molecule has 1 atom stereocenters. The molecule has 0 aromatic heterocycles. The Kier molecular flexibility index (Phi) is 5.35. The molecule has 1 aliphatic rings. The molecule has 1 heterocycles. The predicted molar refractivity (Wildman–Crippen MR) is 52.8 cm³/mol. The molecule has 1 aliphatic heterocycles. The summed E-state index contributed by atoms with van der Waals surface area (Å²) in [5.41, 5.74) is 0. The monoisotopic (exact) mass is 187 g/mol. The van der Waals surface area contributed by atoms with Gasteiger partial charge in [-0.1, -0.05) is 0 Å². The maximum Gasteiger partial charge on any atom is 0.0697 e. The normalized spacial score (nSPS) is 24.0. The Labute approximate surface area is 80.7 Å². The summed E-state index contributed by atoms with van der Waals surface area (Å²) in [6.07, 6.45) is 3.78. The average molecular weight is 187 g/mol. The minimum absolute atomic E-state index is 0.139. The lowest BCUT2D eigenvalue weighted by Gasteiger charge is -2.20. The van der Waals surface area contributed by atoms with Crippen molar-refractivity contribution < 1.29 is 9.84 Å². The van der Waals surface area contributed by atoms with Gasteiger partial charge in [-0.15, -0.1) is 0 Å². The van der Waals surface area contributed by atoms with Crippen molar-refractivity contribution in [3.8, 4) is 0 Å². The van der Waals surface area contributed by atoms with E-state index in [0.29, 0.717) is 6.61 Å². The zero-order chi connectivity index (χ0) is 9.52. The van der Waals surface area contributed by atoms with Crippen molar-refractivity contribution in [3.05, 3.63) is 0 Å². The lowest BCUT2D eigenvalue weighted by Crippen LogP contribution is -2.28. The average Bonchev–Trinajstić information content (AvgIpc) is 2.52. The summed E-state index contributed by atoms with van der Waals surface area (Å²) in [4.78, 5) is 2.52. The Hall–Kier alpha value is -0.120. The Morgan fingerprint density at radius 1 is 1.46 bits per heavy atom. The summed E-state index contributed by atoms with van der Waals surface area (Å²) < 4.78 is 5.20. The van der Waals surface area contributed by atoms with E-state index in [0.717, 1.165) is 25.6 Å². The van der Waals surface area contributed by atoms with Gasteiger partial charge in [0.2, 0.25) is 0 Å². The van der Waals surface area contributed by atoms with Crippen LogP contribution >= 0.6 is 0 Å². The summed E-state index contributed by atoms with van der Waals surface area (Å²) in [5.74, 6) is 0. The number of nitrogens with zero attached hydrogens (tertiary/aromatic N) is 1. The van der Waals surface area contributed by atoms with Crippen LogP contribution in [-0.4, -0.2) is 49.0 Å². The third-order valence-corrected chi connectivity index (χ3v) is 2.66. The molecule has 3 heteroatoms. The van der Waals surface area contributed by atoms with Gasteiger partial charge in [0.05, 0.1) is 13.2 Å². The minimum Gasteiger partial charge on any atom is -0.394 e. The lowest BCUT2D eigenvalue weighted by atomic mass is 10.2. The fourth-order valence-corrected chi connectivity index (χ4v) is 1.86. The van der Waals surface area contributed by atoms with Crippen LogP contribution in [0.2, 0.25) is 0 Å². The van der Waals surface area contributed by atoms with Crippen LogP contribution < -0.4 is 0 Å². The van der Waals surface area contributed by atoms with Crippen LogP contribution in [0.25, 0.3) is 0 Å². The molecule has 0 bridgehead atoms. The molecule has 1 N–H and O–H groups in total. The smallest absolute Gasteiger partial charge is 0.0697 e. The van der Waals surface area contributed by atoms with Gasteiger partial charge in [0, 0.05) is 19.2 Å². The Balaban J connectivity index is 1.93. The first-order valence-electron chi connectivity index (χ1n) is 5.27. The summed E-state index contributed by atoms with van der Waals surface area (Å²) in [6.45, 7) is 6.09. The summed E-state index contributed by atoms with van der Waals surface area (Å²) in [6, 6.07) is 0.762. The van der Waals surface area contributed by atoms with Gasteiger partial charge < -0.3 is 14.7 Å². The molecule has 78 valence electrons. The first kappa shape index (κ1) is 11.0. The largest absolute Gasteiger partial charge is 0.394 e. The van der Waals surface area contributed by atoms with Crippen LogP contribution in [0.4, 0.5) is 0 Å². The van der Waals surface area contributed by atoms with Gasteiger partial charge in [0.1, 0.15) is 0 Å². The highest BCUT2D eigenvalue weighted by molar-refractivity contribution is 4.74. The quantitative estimate of drug-likeness (QED) is 0.626. The highest BCUT2D eigenvalue weighted by Crippen LogP contribution is 2.15. The van der Waals surface area contributed by atoms with Crippen molar-refractivity contribution in [2.24, 2.45) is 0 Å². The Morgan fingerprint density at radius 2 is 2.31 bits per heavy atom. The zero-order valence-corrected chi connectivity index (χ0v) is 8.54. The molecule has 13 heavy (non-hydrogen) atoms. The first-order valence-corrected chi connectivity index (χ1v) is 5.27. The molecule has 1 rings (SSSR count). The number of aliphatic hydroxyl groups is 1. The fraction of sp³-hybridized carbons (Fsp3) is 1.00. The van der Waals surface area contributed by atoms with E-state index >= 15 is 0 Å². The van der Waals surface area contributed by atoms with Gasteiger partial charge in [0.25, 0.3) is 0 Å². The SMILES string of the molecule is CC1CCCN1CCCOCCO. The maximum atomic E-state index is 8.48. The third kappa shape index (κ3) is 4.07.